The predicted molar refractivity (Wildman–Crippen MR) is 186 cm³/mol. The Bertz CT molecular complexity index is 1860. The summed E-state index contributed by atoms with van der Waals surface area (Å²) in [4.78, 5) is 36.4. The molecule has 1 fully saturated rings. The third-order valence-electron chi connectivity index (χ3n) is 7.54. The molecule has 4 aromatic rings. The number of aromatic nitrogens is 3. The van der Waals surface area contributed by atoms with Crippen molar-refractivity contribution >= 4 is 50.5 Å². The number of aliphatic imine (C=N–C) groups is 1. The van der Waals surface area contributed by atoms with Gasteiger partial charge in [0.05, 0.1) is 21.8 Å². The van der Waals surface area contributed by atoms with Gasteiger partial charge in [0.2, 0.25) is 5.91 Å². The third-order valence-corrected chi connectivity index (χ3v) is 9.89. The maximum absolute atomic E-state index is 13.6. The number of alkyl halides is 4. The number of halogens is 4. The zero-order valence-electron chi connectivity index (χ0n) is 27.2. The van der Waals surface area contributed by atoms with Gasteiger partial charge in [-0.25, -0.2) is 14.5 Å². The van der Waals surface area contributed by atoms with Gasteiger partial charge in [-0.3, -0.25) is 9.69 Å². The monoisotopic (exact) mass is 758 g/mol. The molecular weight excluding hydrogens is 725 g/mol. The quantitative estimate of drug-likeness (QED) is 0.168. The van der Waals surface area contributed by atoms with Crippen LogP contribution in [-0.2, 0) is 4.79 Å². The second-order valence-corrected chi connectivity index (χ2v) is 14.4. The van der Waals surface area contributed by atoms with Crippen LogP contribution in [0.4, 0.5) is 23.7 Å². The minimum Gasteiger partial charge on any atom is -0.406 e. The van der Waals surface area contributed by atoms with Crippen LogP contribution in [0.2, 0.25) is 0 Å². The number of amidine groups is 1. The first-order valence-corrected chi connectivity index (χ1v) is 17.0. The Morgan fingerprint density at radius 2 is 1.78 bits per heavy atom. The standard InChI is InChI=1S/C34H34BrF3N6O4S/c1-19(2)25-15-6-20(3)16-27(25)44-30(45)28(33(4,5)47)49-32(44)41-31(46)39-17-26(35)21-7-9-22(10-8-21)29-40-18-43(42-29)23-11-13-24(14-12-23)48-34(36,37)38/h6-16,18-19,26,28,47H,17H2,1-5H3,(H,39,46)/b41-32-. The summed E-state index contributed by atoms with van der Waals surface area (Å²) in [5.74, 6) is -0.178. The van der Waals surface area contributed by atoms with Crippen LogP contribution < -0.4 is 15.0 Å². The fraction of sp³-hybridized carbons (Fsp3) is 0.324. The van der Waals surface area contributed by atoms with E-state index in [0.29, 0.717) is 22.8 Å². The van der Waals surface area contributed by atoms with Crippen molar-refractivity contribution in [2.24, 2.45) is 4.99 Å². The number of rotatable bonds is 9. The number of ether oxygens (including phenoxy) is 1. The molecule has 5 rings (SSSR count). The Labute approximate surface area is 293 Å². The van der Waals surface area contributed by atoms with Crippen LogP contribution in [-0.4, -0.2) is 60.7 Å². The summed E-state index contributed by atoms with van der Waals surface area (Å²) in [7, 11) is 0. The molecule has 2 unspecified atom stereocenters. The molecule has 258 valence electrons. The topological polar surface area (TPSA) is 122 Å². The lowest BCUT2D eigenvalue weighted by Gasteiger charge is -2.25. The molecule has 15 heteroatoms. The number of aryl methyl sites for hydroxylation is 1. The number of amides is 3. The Morgan fingerprint density at radius 1 is 1.10 bits per heavy atom. The number of carbonyl (C=O) groups excluding carboxylic acids is 2. The number of thioether (sulfide) groups is 1. The molecule has 0 aliphatic carbocycles. The largest absolute Gasteiger partial charge is 0.573 e. The minimum atomic E-state index is -4.78. The predicted octanol–water partition coefficient (Wildman–Crippen LogP) is 7.69. The van der Waals surface area contributed by atoms with Gasteiger partial charge in [-0.1, -0.05) is 77.9 Å². The lowest BCUT2D eigenvalue weighted by molar-refractivity contribution is -0.274. The highest BCUT2D eigenvalue weighted by atomic mass is 79.9. The molecule has 1 aliphatic rings. The summed E-state index contributed by atoms with van der Waals surface area (Å²) in [5.41, 5.74) is 3.21. The van der Waals surface area contributed by atoms with Gasteiger partial charge in [0.25, 0.3) is 0 Å². The van der Waals surface area contributed by atoms with Crippen molar-refractivity contribution in [2.45, 2.75) is 62.6 Å². The molecule has 2 heterocycles. The zero-order valence-corrected chi connectivity index (χ0v) is 29.6. The summed E-state index contributed by atoms with van der Waals surface area (Å²) in [6, 6.07) is 17.8. The van der Waals surface area contributed by atoms with Crippen LogP contribution in [0.25, 0.3) is 17.1 Å². The SMILES string of the molecule is Cc1ccc(C(C)C)c(N2C(=O)C(C(C)(C)O)S/C2=N\C(=O)NCC(Br)c2ccc(-c3ncn(-c4ccc(OC(F)(F)F)cc4)n3)cc2)c1. The average Bonchev–Trinajstić information content (AvgIpc) is 3.64. The van der Waals surface area contributed by atoms with Crippen LogP contribution >= 0.6 is 27.7 Å². The Kier molecular flexibility index (Phi) is 10.6. The van der Waals surface area contributed by atoms with Crippen LogP contribution in [0.15, 0.2) is 78.0 Å². The van der Waals surface area contributed by atoms with E-state index in [1.54, 1.807) is 13.8 Å². The first-order valence-electron chi connectivity index (χ1n) is 15.2. The number of hydrogen-bond acceptors (Lipinski definition) is 7. The normalized spacial score (nSPS) is 16.8. The molecule has 1 aromatic heterocycles. The van der Waals surface area contributed by atoms with Crippen molar-refractivity contribution in [2.75, 3.05) is 11.4 Å². The molecule has 49 heavy (non-hydrogen) atoms. The van der Waals surface area contributed by atoms with Crippen molar-refractivity contribution < 1.29 is 32.6 Å². The van der Waals surface area contributed by atoms with E-state index >= 15 is 0 Å². The van der Waals surface area contributed by atoms with Gasteiger partial charge in [-0.15, -0.1) is 18.3 Å². The molecule has 2 atom stereocenters. The second-order valence-electron chi connectivity index (χ2n) is 12.3. The van der Waals surface area contributed by atoms with Crippen LogP contribution in [0.3, 0.4) is 0 Å². The van der Waals surface area contributed by atoms with E-state index in [-0.39, 0.29) is 34.1 Å². The Balaban J connectivity index is 1.26. The van der Waals surface area contributed by atoms with Gasteiger partial charge < -0.3 is 15.2 Å². The van der Waals surface area contributed by atoms with E-state index in [9.17, 15) is 27.9 Å². The molecule has 2 N–H and O–H groups in total. The highest BCUT2D eigenvalue weighted by molar-refractivity contribution is 9.09. The van der Waals surface area contributed by atoms with Gasteiger partial charge in [0.15, 0.2) is 11.0 Å². The smallest absolute Gasteiger partial charge is 0.406 e. The van der Waals surface area contributed by atoms with Crippen molar-refractivity contribution in [1.82, 2.24) is 20.1 Å². The zero-order chi connectivity index (χ0) is 35.7. The van der Waals surface area contributed by atoms with Crippen molar-refractivity contribution in [3.05, 3.63) is 89.7 Å². The number of carbonyl (C=O) groups is 2. The van der Waals surface area contributed by atoms with Gasteiger partial charge in [-0.05, 0) is 73.7 Å². The maximum Gasteiger partial charge on any atom is 0.573 e. The van der Waals surface area contributed by atoms with Crippen LogP contribution in [0, 0.1) is 6.92 Å². The van der Waals surface area contributed by atoms with Crippen LogP contribution in [0.1, 0.15) is 55.1 Å². The van der Waals surface area contributed by atoms with Crippen molar-refractivity contribution in [3.63, 3.8) is 0 Å². The van der Waals surface area contributed by atoms with Crippen molar-refractivity contribution in [3.8, 4) is 22.8 Å². The van der Waals surface area contributed by atoms with Gasteiger partial charge in [0, 0.05) is 12.1 Å². The number of anilines is 1. The molecule has 0 bridgehead atoms. The maximum atomic E-state index is 13.6. The summed E-state index contributed by atoms with van der Waals surface area (Å²) in [6.45, 7) is 9.27. The van der Waals surface area contributed by atoms with Gasteiger partial charge in [-0.2, -0.15) is 4.99 Å². The van der Waals surface area contributed by atoms with Crippen LogP contribution in [0.5, 0.6) is 5.75 Å². The summed E-state index contributed by atoms with van der Waals surface area (Å²) in [5, 5.41) is 17.3. The number of urea groups is 1. The summed E-state index contributed by atoms with van der Waals surface area (Å²) >= 11 is 4.67. The molecule has 0 spiro atoms. The molecular formula is C34H34BrF3N6O4S. The van der Waals surface area contributed by atoms with Crippen molar-refractivity contribution in [1.29, 1.82) is 0 Å². The Morgan fingerprint density at radius 3 is 2.39 bits per heavy atom. The molecule has 3 aromatic carbocycles. The van der Waals surface area contributed by atoms with E-state index < -0.39 is 23.2 Å². The average molecular weight is 760 g/mol. The van der Waals surface area contributed by atoms with Gasteiger partial charge >= 0.3 is 12.4 Å². The molecule has 1 aliphatic heterocycles. The number of nitrogens with one attached hydrogen (secondary N) is 1. The molecule has 1 saturated heterocycles. The first kappa shape index (κ1) is 36.1. The second kappa shape index (κ2) is 14.3. The molecule has 0 radical (unpaired) electrons. The van der Waals surface area contributed by atoms with E-state index in [1.165, 1.54) is 40.2 Å². The highest BCUT2D eigenvalue weighted by Gasteiger charge is 2.47. The fourth-order valence-corrected chi connectivity index (χ4v) is 6.68. The fourth-order valence-electron chi connectivity index (χ4n) is 5.08. The van der Waals surface area contributed by atoms with E-state index in [4.69, 9.17) is 0 Å². The number of benzene rings is 3. The van der Waals surface area contributed by atoms with E-state index in [1.807, 2.05) is 63.2 Å². The lowest BCUT2D eigenvalue weighted by Crippen LogP contribution is -2.42. The summed E-state index contributed by atoms with van der Waals surface area (Å²) in [6.07, 6.45) is -3.32. The van der Waals surface area contributed by atoms with E-state index in [0.717, 1.165) is 28.5 Å². The highest BCUT2D eigenvalue weighted by Crippen LogP contribution is 2.40. The summed E-state index contributed by atoms with van der Waals surface area (Å²) < 4.78 is 42.7. The molecule has 3 amide bonds. The lowest BCUT2D eigenvalue weighted by atomic mass is 9.97. The number of nitrogens with zero attached hydrogens (tertiary/aromatic N) is 5. The molecule has 0 saturated carbocycles. The number of hydrogen-bond donors (Lipinski definition) is 2. The Hall–Kier alpha value is -4.21. The van der Waals surface area contributed by atoms with E-state index in [2.05, 4.69) is 41.1 Å². The third kappa shape index (κ3) is 8.69. The molecule has 10 nitrogen and oxygen atoms in total. The first-order chi connectivity index (χ1) is 23.0. The minimum absolute atomic E-state index is 0.0965. The van der Waals surface area contributed by atoms with Gasteiger partial charge in [0.1, 0.15) is 17.3 Å². The number of aliphatic hydroxyl groups is 1.